The molecule has 40 heavy (non-hydrogen) atoms. The average Bonchev–Trinajstić information content (AvgIpc) is 3.41. The zero-order valence-electron chi connectivity index (χ0n) is 23.4. The van der Waals surface area contributed by atoms with E-state index in [-0.39, 0.29) is 5.91 Å². The van der Waals surface area contributed by atoms with Crippen molar-refractivity contribution >= 4 is 23.2 Å². The molecule has 0 aliphatic carbocycles. The maximum atomic E-state index is 13.9. The van der Waals surface area contributed by atoms with E-state index in [1.54, 1.807) is 18.9 Å². The van der Waals surface area contributed by atoms with Gasteiger partial charge in [0.15, 0.2) is 5.82 Å². The van der Waals surface area contributed by atoms with Crippen LogP contribution in [0.4, 0.5) is 17.3 Å². The monoisotopic (exact) mass is 538 g/mol. The van der Waals surface area contributed by atoms with E-state index in [1.165, 1.54) is 0 Å². The van der Waals surface area contributed by atoms with Crippen molar-refractivity contribution in [2.45, 2.75) is 26.8 Å². The van der Waals surface area contributed by atoms with Crippen molar-refractivity contribution in [1.29, 1.82) is 0 Å². The third-order valence-corrected chi connectivity index (χ3v) is 7.12. The number of methoxy groups -OCH3 is 2. The number of anilines is 3. The van der Waals surface area contributed by atoms with Crippen LogP contribution in [0, 0.1) is 0 Å². The van der Waals surface area contributed by atoms with Gasteiger partial charge in [-0.2, -0.15) is 4.98 Å². The van der Waals surface area contributed by atoms with Crippen LogP contribution in [0.2, 0.25) is 0 Å². The lowest BCUT2D eigenvalue weighted by molar-refractivity contribution is -0.113. The molecular weight excluding hydrogens is 504 g/mol. The number of carbonyl (C=O) groups is 1. The molecule has 0 bridgehead atoms. The fourth-order valence-electron chi connectivity index (χ4n) is 5.03. The molecule has 1 aromatic heterocycles. The van der Waals surface area contributed by atoms with Gasteiger partial charge in [-0.15, -0.1) is 5.10 Å². The minimum Gasteiger partial charge on any atom is -0.497 e. The van der Waals surface area contributed by atoms with Crippen LogP contribution >= 0.6 is 0 Å². The summed E-state index contributed by atoms with van der Waals surface area (Å²) < 4.78 is 12.7. The quantitative estimate of drug-likeness (QED) is 0.281. The maximum absolute atomic E-state index is 13.9. The smallest absolute Gasteiger partial charge is 0.255 e. The molecule has 2 N–H and O–H groups in total. The van der Waals surface area contributed by atoms with Crippen molar-refractivity contribution in [2.75, 3.05) is 42.8 Å². The summed E-state index contributed by atoms with van der Waals surface area (Å²) >= 11 is 0. The highest BCUT2D eigenvalue weighted by molar-refractivity contribution is 6.06. The Bertz CT molecular complexity index is 1540. The highest BCUT2D eigenvalue weighted by atomic mass is 16.5. The zero-order valence-corrected chi connectivity index (χ0v) is 23.4. The number of hydrogen-bond acceptors (Lipinski definition) is 7. The van der Waals surface area contributed by atoms with Crippen LogP contribution in [-0.2, 0) is 4.79 Å². The third-order valence-electron chi connectivity index (χ3n) is 7.12. The van der Waals surface area contributed by atoms with Crippen molar-refractivity contribution in [2.24, 2.45) is 0 Å². The van der Waals surface area contributed by atoms with Gasteiger partial charge in [-0.3, -0.25) is 4.79 Å². The molecule has 4 aromatic rings. The molecule has 0 spiro atoms. The lowest BCUT2D eigenvalue weighted by Gasteiger charge is -2.29. The SMILES string of the molecule is CCN(CC)c1ccc(-c2nc3n(n2)C(c2cccc(OC)c2)C(C(=O)Nc2ccccc2OC)=C(C)N3)cc1. The standard InChI is InChI=1S/C31H34N6O3/c1-6-36(7-2)23-17-15-21(16-18-23)29-34-31-32-20(3)27(30(38)33-25-13-8-9-14-26(25)40-5)28(37(31)35-29)22-11-10-12-24(19-22)39-4/h8-19,28H,6-7H2,1-5H3,(H,33,38)(H,32,34,35). The summed E-state index contributed by atoms with van der Waals surface area (Å²) in [6.45, 7) is 8.03. The van der Waals surface area contributed by atoms with E-state index in [1.807, 2.05) is 67.6 Å². The summed E-state index contributed by atoms with van der Waals surface area (Å²) in [4.78, 5) is 21.0. The van der Waals surface area contributed by atoms with E-state index in [0.717, 1.165) is 29.9 Å². The molecule has 1 aliphatic heterocycles. The van der Waals surface area contributed by atoms with E-state index in [9.17, 15) is 4.79 Å². The van der Waals surface area contributed by atoms with E-state index in [0.29, 0.717) is 40.2 Å². The molecule has 9 nitrogen and oxygen atoms in total. The number of allylic oxidation sites excluding steroid dienone is 1. The molecule has 0 saturated carbocycles. The van der Waals surface area contributed by atoms with Gasteiger partial charge in [0.05, 0.1) is 25.5 Å². The first-order chi connectivity index (χ1) is 19.5. The maximum Gasteiger partial charge on any atom is 0.255 e. The summed E-state index contributed by atoms with van der Waals surface area (Å²) in [6, 6.07) is 22.7. The number of fused-ring (bicyclic) bond motifs is 1. The molecular formula is C31H34N6O3. The Kier molecular flexibility index (Phi) is 7.72. The van der Waals surface area contributed by atoms with Gasteiger partial charge in [0.25, 0.3) is 5.91 Å². The van der Waals surface area contributed by atoms with Crippen LogP contribution in [0.5, 0.6) is 11.5 Å². The number of benzene rings is 3. The Labute approximate surface area is 234 Å². The summed E-state index contributed by atoms with van der Waals surface area (Å²) in [5, 5.41) is 11.2. The summed E-state index contributed by atoms with van der Waals surface area (Å²) in [7, 11) is 3.20. The fourth-order valence-corrected chi connectivity index (χ4v) is 5.03. The van der Waals surface area contributed by atoms with E-state index >= 15 is 0 Å². The third kappa shape index (κ3) is 5.10. The van der Waals surface area contributed by atoms with E-state index < -0.39 is 6.04 Å². The molecule has 1 amide bonds. The van der Waals surface area contributed by atoms with Crippen LogP contribution in [0.3, 0.4) is 0 Å². The Balaban J connectivity index is 1.56. The van der Waals surface area contributed by atoms with Crippen molar-refractivity contribution in [3.8, 4) is 22.9 Å². The normalized spacial score (nSPS) is 14.3. The van der Waals surface area contributed by atoms with Crippen molar-refractivity contribution in [1.82, 2.24) is 14.8 Å². The molecule has 5 rings (SSSR count). The molecule has 9 heteroatoms. The molecule has 0 fully saturated rings. The van der Waals surface area contributed by atoms with Crippen molar-refractivity contribution < 1.29 is 14.3 Å². The predicted octanol–water partition coefficient (Wildman–Crippen LogP) is 5.74. The minimum atomic E-state index is -0.544. The van der Waals surface area contributed by atoms with Crippen LogP contribution < -0.4 is 25.0 Å². The summed E-state index contributed by atoms with van der Waals surface area (Å²) in [5.74, 6) is 2.12. The second-order valence-electron chi connectivity index (χ2n) is 9.42. The number of carbonyl (C=O) groups excluding carboxylic acids is 1. The highest BCUT2D eigenvalue weighted by Crippen LogP contribution is 2.38. The Morgan fingerprint density at radius 3 is 2.45 bits per heavy atom. The minimum absolute atomic E-state index is 0.270. The van der Waals surface area contributed by atoms with Crippen LogP contribution in [0.25, 0.3) is 11.4 Å². The van der Waals surface area contributed by atoms with Crippen molar-refractivity contribution in [3.05, 3.63) is 89.6 Å². The Hall–Kier alpha value is -4.79. The number of rotatable bonds is 9. The molecule has 0 saturated heterocycles. The number of para-hydroxylation sites is 2. The van der Waals surface area contributed by atoms with Gasteiger partial charge in [-0.25, -0.2) is 4.68 Å². The number of nitrogens with one attached hydrogen (secondary N) is 2. The molecule has 0 radical (unpaired) electrons. The van der Waals surface area contributed by atoms with E-state index in [2.05, 4.69) is 41.5 Å². The molecule has 1 aliphatic rings. The molecule has 206 valence electrons. The van der Waals surface area contributed by atoms with Gasteiger partial charge in [0, 0.05) is 30.0 Å². The first kappa shape index (κ1) is 26.8. The fraction of sp³-hybridized carbons (Fsp3) is 0.258. The highest BCUT2D eigenvalue weighted by Gasteiger charge is 2.35. The second-order valence-corrected chi connectivity index (χ2v) is 9.42. The summed E-state index contributed by atoms with van der Waals surface area (Å²) in [6.07, 6.45) is 0. The van der Waals surface area contributed by atoms with Crippen LogP contribution in [-0.4, -0.2) is 48.0 Å². The number of aromatic nitrogens is 3. The first-order valence-corrected chi connectivity index (χ1v) is 13.3. The molecule has 1 unspecified atom stereocenters. The number of amides is 1. The summed E-state index contributed by atoms with van der Waals surface area (Å²) in [5.41, 5.74) is 4.67. The van der Waals surface area contributed by atoms with Gasteiger partial charge in [-0.05, 0) is 74.9 Å². The molecule has 1 atom stereocenters. The van der Waals surface area contributed by atoms with Gasteiger partial charge in [0.2, 0.25) is 5.95 Å². The molecule has 3 aromatic carbocycles. The van der Waals surface area contributed by atoms with Gasteiger partial charge >= 0.3 is 0 Å². The largest absolute Gasteiger partial charge is 0.497 e. The topological polar surface area (TPSA) is 93.5 Å². The van der Waals surface area contributed by atoms with Crippen LogP contribution in [0.15, 0.2) is 84.1 Å². The number of ether oxygens (including phenoxy) is 2. The van der Waals surface area contributed by atoms with E-state index in [4.69, 9.17) is 19.6 Å². The Morgan fingerprint density at radius 1 is 1.00 bits per heavy atom. The predicted molar refractivity (Wildman–Crippen MR) is 158 cm³/mol. The number of hydrogen-bond donors (Lipinski definition) is 2. The second kappa shape index (κ2) is 11.5. The van der Waals surface area contributed by atoms with Gasteiger partial charge < -0.3 is 25.0 Å². The zero-order chi connectivity index (χ0) is 28.2. The average molecular weight is 539 g/mol. The first-order valence-electron chi connectivity index (χ1n) is 13.3. The Morgan fingerprint density at radius 2 is 1.75 bits per heavy atom. The molecule has 2 heterocycles. The van der Waals surface area contributed by atoms with Crippen LogP contribution in [0.1, 0.15) is 32.4 Å². The lowest BCUT2D eigenvalue weighted by Crippen LogP contribution is -2.31. The van der Waals surface area contributed by atoms with Crippen molar-refractivity contribution in [3.63, 3.8) is 0 Å². The number of nitrogens with zero attached hydrogens (tertiary/aromatic N) is 4. The van der Waals surface area contributed by atoms with Gasteiger partial charge in [-0.1, -0.05) is 24.3 Å². The van der Waals surface area contributed by atoms with Gasteiger partial charge in [0.1, 0.15) is 17.5 Å². The lowest BCUT2D eigenvalue weighted by atomic mass is 9.95.